The van der Waals surface area contributed by atoms with E-state index in [1.807, 2.05) is 0 Å². The normalized spacial score (nSPS) is 15.0. The van der Waals surface area contributed by atoms with Gasteiger partial charge in [0.1, 0.15) is 29.0 Å². The molecule has 1 aromatic carbocycles. The summed E-state index contributed by atoms with van der Waals surface area (Å²) in [5, 5.41) is 3.83. The predicted molar refractivity (Wildman–Crippen MR) is 100 cm³/mol. The summed E-state index contributed by atoms with van der Waals surface area (Å²) in [6, 6.07) is 3.41. The van der Waals surface area contributed by atoms with Crippen molar-refractivity contribution in [3.8, 4) is 0 Å². The molecule has 0 radical (unpaired) electrons. The molecule has 146 valence electrons. The molecule has 1 aliphatic carbocycles. The molecule has 1 amide bonds. The Kier molecular flexibility index (Phi) is 4.28. The Morgan fingerprint density at radius 2 is 1.89 bits per heavy atom. The first-order valence-electron chi connectivity index (χ1n) is 9.07. The van der Waals surface area contributed by atoms with Crippen LogP contribution in [0.15, 0.2) is 22.6 Å². The quantitative estimate of drug-likeness (QED) is 0.674. The number of halogens is 2. The molecule has 28 heavy (non-hydrogen) atoms. The minimum Gasteiger partial charge on any atom is -0.442 e. The van der Waals surface area contributed by atoms with E-state index in [1.165, 1.54) is 12.1 Å². The fourth-order valence-electron chi connectivity index (χ4n) is 3.26. The number of fused-ring (bicyclic) bond motifs is 1. The Hall–Kier alpha value is -3.03. The van der Waals surface area contributed by atoms with Crippen LogP contribution in [0.25, 0.3) is 11.1 Å². The van der Waals surface area contributed by atoms with Gasteiger partial charge in [-0.1, -0.05) is 0 Å². The second-order valence-corrected chi connectivity index (χ2v) is 7.53. The van der Waals surface area contributed by atoms with Crippen LogP contribution in [0, 0.1) is 18.6 Å². The van der Waals surface area contributed by atoms with Gasteiger partial charge in [0.25, 0.3) is 5.91 Å². The van der Waals surface area contributed by atoms with Gasteiger partial charge in [-0.05, 0) is 50.8 Å². The SMILES string of the molecule is Cc1oc2nc(CCc3cc(F)cc(F)c3)nc(NC3(C)CC3)c2c1C(N)=O. The number of benzene rings is 1. The maximum Gasteiger partial charge on any atom is 0.253 e. The highest BCUT2D eigenvalue weighted by Crippen LogP contribution is 2.40. The van der Waals surface area contributed by atoms with Gasteiger partial charge < -0.3 is 15.5 Å². The van der Waals surface area contributed by atoms with Gasteiger partial charge in [0.2, 0.25) is 5.71 Å². The zero-order valence-electron chi connectivity index (χ0n) is 15.6. The van der Waals surface area contributed by atoms with Gasteiger partial charge in [-0.15, -0.1) is 0 Å². The van der Waals surface area contributed by atoms with Crippen LogP contribution < -0.4 is 11.1 Å². The van der Waals surface area contributed by atoms with Crippen molar-refractivity contribution >= 4 is 22.8 Å². The molecule has 6 nitrogen and oxygen atoms in total. The number of carbonyl (C=O) groups is 1. The van der Waals surface area contributed by atoms with Crippen LogP contribution in [0.1, 0.15) is 47.3 Å². The van der Waals surface area contributed by atoms with Gasteiger partial charge in [-0.2, -0.15) is 4.98 Å². The Bertz CT molecular complexity index is 1070. The largest absolute Gasteiger partial charge is 0.442 e. The van der Waals surface area contributed by atoms with E-state index in [9.17, 15) is 13.6 Å². The maximum absolute atomic E-state index is 13.4. The minimum absolute atomic E-state index is 0.0929. The third-order valence-corrected chi connectivity index (χ3v) is 5.00. The zero-order chi connectivity index (χ0) is 20.1. The molecule has 1 saturated carbocycles. The summed E-state index contributed by atoms with van der Waals surface area (Å²) in [4.78, 5) is 20.9. The summed E-state index contributed by atoms with van der Waals surface area (Å²) < 4.78 is 32.5. The topological polar surface area (TPSA) is 94.0 Å². The van der Waals surface area contributed by atoms with E-state index in [0.29, 0.717) is 41.2 Å². The average Bonchev–Trinajstić information content (AvgIpc) is 3.20. The molecular weight excluding hydrogens is 366 g/mol. The Morgan fingerprint density at radius 3 is 2.50 bits per heavy atom. The monoisotopic (exact) mass is 386 g/mol. The van der Waals surface area contributed by atoms with Crippen LogP contribution in [-0.2, 0) is 12.8 Å². The Labute approximate surface area is 160 Å². The second kappa shape index (κ2) is 6.54. The molecule has 3 aromatic rings. The van der Waals surface area contributed by atoms with E-state index in [2.05, 4.69) is 22.2 Å². The lowest BCUT2D eigenvalue weighted by atomic mass is 10.1. The third kappa shape index (κ3) is 3.54. The molecule has 0 aliphatic heterocycles. The zero-order valence-corrected chi connectivity index (χ0v) is 15.6. The van der Waals surface area contributed by atoms with Crippen molar-refractivity contribution < 1.29 is 18.0 Å². The molecule has 0 saturated heterocycles. The molecule has 2 aromatic heterocycles. The van der Waals surface area contributed by atoms with E-state index < -0.39 is 17.5 Å². The van der Waals surface area contributed by atoms with Crippen molar-refractivity contribution in [3.63, 3.8) is 0 Å². The number of hydrogen-bond donors (Lipinski definition) is 2. The lowest BCUT2D eigenvalue weighted by Crippen LogP contribution is -2.19. The number of furan rings is 1. The molecule has 0 unspecified atom stereocenters. The molecule has 4 rings (SSSR count). The molecule has 1 aliphatic rings. The van der Waals surface area contributed by atoms with Gasteiger partial charge in [0, 0.05) is 18.0 Å². The number of amides is 1. The third-order valence-electron chi connectivity index (χ3n) is 5.00. The van der Waals surface area contributed by atoms with E-state index in [1.54, 1.807) is 6.92 Å². The molecule has 0 atom stereocenters. The number of nitrogens with zero attached hydrogens (tertiary/aromatic N) is 2. The van der Waals surface area contributed by atoms with Crippen LogP contribution in [-0.4, -0.2) is 21.4 Å². The van der Waals surface area contributed by atoms with Gasteiger partial charge in [-0.25, -0.2) is 13.8 Å². The number of aromatic nitrogens is 2. The predicted octanol–water partition coefficient (Wildman–Crippen LogP) is 3.66. The number of hydrogen-bond acceptors (Lipinski definition) is 5. The first kappa shape index (κ1) is 18.3. The molecule has 1 fully saturated rings. The fraction of sp³-hybridized carbons (Fsp3) is 0.350. The maximum atomic E-state index is 13.4. The number of primary amides is 1. The lowest BCUT2D eigenvalue weighted by molar-refractivity contribution is 0.1000. The fourth-order valence-corrected chi connectivity index (χ4v) is 3.26. The van der Waals surface area contributed by atoms with Gasteiger partial charge in [-0.3, -0.25) is 4.79 Å². The first-order valence-corrected chi connectivity index (χ1v) is 9.07. The van der Waals surface area contributed by atoms with Gasteiger partial charge >= 0.3 is 0 Å². The molecule has 3 N–H and O–H groups in total. The minimum atomic E-state index is -0.622. The highest BCUT2D eigenvalue weighted by Gasteiger charge is 2.38. The number of rotatable bonds is 6. The van der Waals surface area contributed by atoms with Crippen LogP contribution in [0.5, 0.6) is 0 Å². The van der Waals surface area contributed by atoms with Crippen molar-refractivity contribution in [2.75, 3.05) is 5.32 Å². The number of anilines is 1. The van der Waals surface area contributed by atoms with Crippen LogP contribution in [0.2, 0.25) is 0 Å². The standard InChI is InChI=1S/C20H20F2N4O2/c1-10-15(17(23)27)16-18(26-20(2)5-6-20)24-14(25-19(16)28-10)4-3-11-7-12(21)9-13(22)8-11/h7-9H,3-6H2,1-2H3,(H2,23,27)(H,24,25,26). The molecule has 0 spiro atoms. The van der Waals surface area contributed by atoms with Crippen molar-refractivity contribution in [1.29, 1.82) is 0 Å². The average molecular weight is 386 g/mol. The number of nitrogens with one attached hydrogen (secondary N) is 1. The summed E-state index contributed by atoms with van der Waals surface area (Å²) in [7, 11) is 0. The summed E-state index contributed by atoms with van der Waals surface area (Å²) in [6.45, 7) is 3.71. The number of carbonyl (C=O) groups excluding carboxylic acids is 1. The highest BCUT2D eigenvalue weighted by molar-refractivity contribution is 6.09. The van der Waals surface area contributed by atoms with Crippen LogP contribution >= 0.6 is 0 Å². The molecule has 8 heteroatoms. The summed E-state index contributed by atoms with van der Waals surface area (Å²) in [6.07, 6.45) is 2.69. The van der Waals surface area contributed by atoms with Crippen LogP contribution in [0.3, 0.4) is 0 Å². The van der Waals surface area contributed by atoms with Crippen molar-refractivity contribution in [2.24, 2.45) is 5.73 Å². The second-order valence-electron chi connectivity index (χ2n) is 7.53. The highest BCUT2D eigenvalue weighted by atomic mass is 19.1. The van der Waals surface area contributed by atoms with E-state index >= 15 is 0 Å². The smallest absolute Gasteiger partial charge is 0.253 e. The van der Waals surface area contributed by atoms with E-state index in [0.717, 1.165) is 18.9 Å². The Balaban J connectivity index is 1.72. The number of aryl methyl sites for hydroxylation is 3. The summed E-state index contributed by atoms with van der Waals surface area (Å²) in [5.41, 5.74) is 6.48. The number of nitrogens with two attached hydrogens (primary N) is 1. The van der Waals surface area contributed by atoms with Crippen LogP contribution in [0.4, 0.5) is 14.6 Å². The van der Waals surface area contributed by atoms with Crippen molar-refractivity contribution in [3.05, 3.63) is 52.5 Å². The molecule has 2 heterocycles. The first-order chi connectivity index (χ1) is 13.2. The van der Waals surface area contributed by atoms with Crippen molar-refractivity contribution in [1.82, 2.24) is 9.97 Å². The van der Waals surface area contributed by atoms with Gasteiger partial charge in [0.15, 0.2) is 0 Å². The van der Waals surface area contributed by atoms with E-state index in [4.69, 9.17) is 10.2 Å². The molecule has 0 bridgehead atoms. The van der Waals surface area contributed by atoms with Crippen molar-refractivity contribution in [2.45, 2.75) is 45.1 Å². The Morgan fingerprint density at radius 1 is 1.21 bits per heavy atom. The molecular formula is C20H20F2N4O2. The summed E-state index contributed by atoms with van der Waals surface area (Å²) >= 11 is 0. The summed E-state index contributed by atoms with van der Waals surface area (Å²) in [5.74, 6) is -0.520. The van der Waals surface area contributed by atoms with Gasteiger partial charge in [0.05, 0.1) is 10.9 Å². The lowest BCUT2D eigenvalue weighted by Gasteiger charge is -2.14. The van der Waals surface area contributed by atoms with E-state index in [-0.39, 0.29) is 16.8 Å².